The summed E-state index contributed by atoms with van der Waals surface area (Å²) in [4.78, 5) is 11.4. The van der Waals surface area contributed by atoms with Crippen molar-refractivity contribution in [3.05, 3.63) is 0 Å². The smallest absolute Gasteiger partial charge is 0.396 e. The maximum Gasteiger partial charge on any atom is 0.473 e. The molecule has 0 aromatic heterocycles. The van der Waals surface area contributed by atoms with Crippen LogP contribution in [0.5, 0.6) is 0 Å². The fourth-order valence-electron chi connectivity index (χ4n) is 3.67. The molecule has 0 rings (SSSR count). The SMILES string of the molecule is CCCCCCCCCCCCCC(=O)OC(F)(F)C(F)(F)C(F)(F)C(F)(F)C(F)(F)C(F)(F)C(F)(F)C(F)(F)C(F)(F)CF. The third-order valence-electron chi connectivity index (χ3n) is 6.59. The van der Waals surface area contributed by atoms with Crippen LogP contribution < -0.4 is 0 Å². The molecule has 0 fully saturated rings. The van der Waals surface area contributed by atoms with Gasteiger partial charge in [-0.1, -0.05) is 71.1 Å². The molecule has 0 aliphatic heterocycles. The standard InChI is InChI=1S/C24H29F19O2/c1-2-3-4-5-6-7-8-9-10-11-12-13-15(44)45-24(42,43)23(40,41)22(38,39)21(36,37)20(34,35)19(32,33)18(30,31)17(28,29)16(26,27)14-25/h2-14H2,1H3. The molecule has 0 heterocycles. The topological polar surface area (TPSA) is 26.3 Å². The van der Waals surface area contributed by atoms with Crippen LogP contribution in [0, 0.1) is 0 Å². The molecular formula is C24H29F19O2. The molecule has 0 unspecified atom stereocenters. The summed E-state index contributed by atoms with van der Waals surface area (Å²) in [5.74, 6) is -69.8. The van der Waals surface area contributed by atoms with Crippen LogP contribution in [0.1, 0.15) is 84.0 Å². The lowest BCUT2D eigenvalue weighted by molar-refractivity contribution is -0.474. The van der Waals surface area contributed by atoms with E-state index in [1.807, 2.05) is 6.92 Å². The number of ether oxygens (including phenoxy) is 1. The van der Waals surface area contributed by atoms with Gasteiger partial charge in [0.05, 0.1) is 0 Å². The second-order valence-corrected chi connectivity index (χ2v) is 10.1. The highest BCUT2D eigenvalue weighted by molar-refractivity contribution is 5.69. The van der Waals surface area contributed by atoms with Gasteiger partial charge in [-0.25, -0.2) is 4.39 Å². The van der Waals surface area contributed by atoms with E-state index < -0.39 is 79.0 Å². The summed E-state index contributed by atoms with van der Waals surface area (Å²) < 4.78 is 259. The van der Waals surface area contributed by atoms with Gasteiger partial charge in [-0.2, -0.15) is 79.0 Å². The van der Waals surface area contributed by atoms with Gasteiger partial charge >= 0.3 is 59.5 Å². The Labute approximate surface area is 244 Å². The van der Waals surface area contributed by atoms with Crippen molar-refractivity contribution in [1.82, 2.24) is 0 Å². The van der Waals surface area contributed by atoms with Crippen LogP contribution >= 0.6 is 0 Å². The minimum Gasteiger partial charge on any atom is -0.396 e. The molecule has 0 spiro atoms. The molecule has 0 aliphatic rings. The second-order valence-electron chi connectivity index (χ2n) is 10.1. The van der Waals surface area contributed by atoms with Crippen molar-refractivity contribution in [2.24, 2.45) is 0 Å². The van der Waals surface area contributed by atoms with Crippen molar-refractivity contribution in [1.29, 1.82) is 0 Å². The van der Waals surface area contributed by atoms with E-state index in [0.29, 0.717) is 19.3 Å². The van der Waals surface area contributed by atoms with Crippen LogP contribution in [0.2, 0.25) is 0 Å². The molecule has 0 aliphatic carbocycles. The first-order valence-corrected chi connectivity index (χ1v) is 13.2. The van der Waals surface area contributed by atoms with Crippen LogP contribution in [-0.2, 0) is 9.53 Å². The zero-order chi connectivity index (χ0) is 36.0. The number of carbonyl (C=O) groups excluding carboxylic acids is 1. The molecular weight excluding hydrogens is 681 g/mol. The van der Waals surface area contributed by atoms with Crippen LogP contribution in [0.15, 0.2) is 0 Å². The Morgan fingerprint density at radius 3 is 1.07 bits per heavy atom. The van der Waals surface area contributed by atoms with E-state index in [-0.39, 0.29) is 6.42 Å². The zero-order valence-corrected chi connectivity index (χ0v) is 23.2. The summed E-state index contributed by atoms with van der Waals surface area (Å²) >= 11 is 0. The summed E-state index contributed by atoms with van der Waals surface area (Å²) in [6.07, 6.45) is -1.54. The molecule has 45 heavy (non-hydrogen) atoms. The Morgan fingerprint density at radius 1 is 0.444 bits per heavy atom. The molecule has 0 saturated heterocycles. The normalized spacial score (nSPS) is 15.0. The Hall–Kier alpha value is -1.86. The van der Waals surface area contributed by atoms with Crippen molar-refractivity contribution in [2.75, 3.05) is 6.67 Å². The maximum atomic E-state index is 13.9. The molecule has 270 valence electrons. The largest absolute Gasteiger partial charge is 0.473 e. The van der Waals surface area contributed by atoms with Gasteiger partial charge in [-0.05, 0) is 6.42 Å². The summed E-state index contributed by atoms with van der Waals surface area (Å²) in [6.45, 7) is -2.03. The Bertz CT molecular complexity index is 933. The molecule has 0 saturated carbocycles. The molecule has 0 aromatic rings. The Morgan fingerprint density at radius 2 is 0.733 bits per heavy atom. The summed E-state index contributed by atoms with van der Waals surface area (Å²) in [5, 5.41) is 0. The highest BCUT2D eigenvalue weighted by Crippen LogP contribution is 2.65. The minimum atomic E-state index is -8.97. The number of hydrogen-bond acceptors (Lipinski definition) is 2. The van der Waals surface area contributed by atoms with E-state index in [1.165, 1.54) is 0 Å². The summed E-state index contributed by atoms with van der Waals surface area (Å²) in [5.41, 5.74) is 0. The highest BCUT2D eigenvalue weighted by atomic mass is 19.4. The number of hydrogen-bond donors (Lipinski definition) is 0. The van der Waals surface area contributed by atoms with E-state index in [2.05, 4.69) is 4.74 Å². The monoisotopic (exact) mass is 710 g/mol. The lowest BCUT2D eigenvalue weighted by atomic mass is 9.87. The molecule has 0 atom stereocenters. The van der Waals surface area contributed by atoms with Crippen molar-refractivity contribution in [3.8, 4) is 0 Å². The fraction of sp³-hybridized carbons (Fsp3) is 0.958. The molecule has 0 aromatic carbocycles. The van der Waals surface area contributed by atoms with Gasteiger partial charge in [0.2, 0.25) is 0 Å². The molecule has 2 nitrogen and oxygen atoms in total. The first-order chi connectivity index (χ1) is 20.0. The fourth-order valence-corrected chi connectivity index (χ4v) is 3.67. The van der Waals surface area contributed by atoms with E-state index in [4.69, 9.17) is 0 Å². The average molecular weight is 710 g/mol. The number of unbranched alkanes of at least 4 members (excludes halogenated alkanes) is 10. The molecule has 0 N–H and O–H groups in total. The van der Waals surface area contributed by atoms with E-state index in [0.717, 1.165) is 38.5 Å². The first-order valence-electron chi connectivity index (χ1n) is 13.2. The van der Waals surface area contributed by atoms with E-state index in [1.54, 1.807) is 0 Å². The van der Waals surface area contributed by atoms with Gasteiger partial charge < -0.3 is 4.74 Å². The number of rotatable bonds is 22. The summed E-state index contributed by atoms with van der Waals surface area (Å²) in [7, 11) is 0. The Balaban J connectivity index is 5.73. The van der Waals surface area contributed by atoms with Gasteiger partial charge in [0.15, 0.2) is 6.67 Å². The highest BCUT2D eigenvalue weighted by Gasteiger charge is 2.97. The second kappa shape index (κ2) is 14.9. The van der Waals surface area contributed by atoms with Gasteiger partial charge in [0, 0.05) is 6.42 Å². The number of carbonyl (C=O) groups is 1. The van der Waals surface area contributed by atoms with Gasteiger partial charge in [-0.15, -0.1) is 0 Å². The van der Waals surface area contributed by atoms with Crippen molar-refractivity contribution < 1.29 is 92.9 Å². The number of alkyl halides is 19. The molecule has 21 heteroatoms. The van der Waals surface area contributed by atoms with Crippen molar-refractivity contribution >= 4 is 5.97 Å². The molecule has 0 radical (unpaired) electrons. The third-order valence-corrected chi connectivity index (χ3v) is 6.59. The zero-order valence-electron chi connectivity index (χ0n) is 23.2. The third kappa shape index (κ3) is 8.17. The van der Waals surface area contributed by atoms with Gasteiger partial charge in [-0.3, -0.25) is 4.79 Å². The van der Waals surface area contributed by atoms with Crippen LogP contribution in [0.3, 0.4) is 0 Å². The predicted octanol–water partition coefficient (Wildman–Crippen LogP) is 10.9. The van der Waals surface area contributed by atoms with E-state index in [9.17, 15) is 88.2 Å². The summed E-state index contributed by atoms with van der Waals surface area (Å²) in [6, 6.07) is 0. The van der Waals surface area contributed by atoms with Crippen molar-refractivity contribution in [2.45, 2.75) is 137 Å². The number of esters is 1. The van der Waals surface area contributed by atoms with E-state index >= 15 is 0 Å². The van der Waals surface area contributed by atoms with Gasteiger partial charge in [0.25, 0.3) is 0 Å². The molecule has 0 bridgehead atoms. The lowest BCUT2D eigenvalue weighted by Gasteiger charge is -2.43. The predicted molar refractivity (Wildman–Crippen MR) is 118 cm³/mol. The van der Waals surface area contributed by atoms with Gasteiger partial charge in [0.1, 0.15) is 0 Å². The average Bonchev–Trinajstić information content (AvgIpc) is 2.90. The maximum absolute atomic E-state index is 13.9. The van der Waals surface area contributed by atoms with Crippen molar-refractivity contribution in [3.63, 3.8) is 0 Å². The minimum absolute atomic E-state index is 0.0305. The van der Waals surface area contributed by atoms with Crippen LogP contribution in [0.25, 0.3) is 0 Å². The quantitative estimate of drug-likeness (QED) is 0.0635. The van der Waals surface area contributed by atoms with Crippen LogP contribution in [0.4, 0.5) is 83.4 Å². The first kappa shape index (κ1) is 43.1. The molecule has 0 amide bonds. The Kier molecular flexibility index (Phi) is 14.3. The lowest BCUT2D eigenvalue weighted by Crippen LogP contribution is -2.76. The number of halogens is 19. The van der Waals surface area contributed by atoms with Crippen LogP contribution in [-0.4, -0.2) is 66.1 Å².